The molecule has 2 aromatic carbocycles. The van der Waals surface area contributed by atoms with Crippen LogP contribution in [-0.4, -0.2) is 30.8 Å². The van der Waals surface area contributed by atoms with Crippen LogP contribution >= 0.6 is 0 Å². The second-order valence-electron chi connectivity index (χ2n) is 4.86. The molecule has 0 heterocycles. The second kappa shape index (κ2) is 6.09. The Labute approximate surface area is 123 Å². The van der Waals surface area contributed by atoms with Gasteiger partial charge in [0.2, 0.25) is 0 Å². The van der Waals surface area contributed by atoms with Gasteiger partial charge in [-0.1, -0.05) is 6.07 Å². The normalized spacial score (nSPS) is 10.0. The number of nitrogens with zero attached hydrogens (tertiary/aromatic N) is 1. The predicted octanol–water partition coefficient (Wildman–Crippen LogP) is 2.22. The third kappa shape index (κ3) is 3.60. The molecule has 0 fully saturated rings. The van der Waals surface area contributed by atoms with Gasteiger partial charge in [-0.3, -0.25) is 9.59 Å². The van der Waals surface area contributed by atoms with E-state index in [1.54, 1.807) is 62.6 Å². The van der Waals surface area contributed by atoms with Crippen LogP contribution in [0.25, 0.3) is 0 Å². The van der Waals surface area contributed by atoms with Crippen LogP contribution in [0.15, 0.2) is 48.5 Å². The third-order valence-electron chi connectivity index (χ3n) is 2.95. The summed E-state index contributed by atoms with van der Waals surface area (Å²) >= 11 is 0. The van der Waals surface area contributed by atoms with Crippen LogP contribution < -0.4 is 11.1 Å². The Balaban J connectivity index is 2.16. The number of nitrogens with one attached hydrogen (secondary N) is 1. The average Bonchev–Trinajstić information content (AvgIpc) is 2.47. The van der Waals surface area contributed by atoms with Gasteiger partial charge >= 0.3 is 0 Å². The molecule has 108 valence electrons. The number of hydrogen-bond acceptors (Lipinski definition) is 3. The highest BCUT2D eigenvalue weighted by molar-refractivity contribution is 6.05. The summed E-state index contributed by atoms with van der Waals surface area (Å²) in [6, 6.07) is 13.5. The number of nitrogen functional groups attached to an aromatic ring is 1. The van der Waals surface area contributed by atoms with Gasteiger partial charge in [0, 0.05) is 36.6 Å². The topological polar surface area (TPSA) is 75.4 Å². The molecule has 21 heavy (non-hydrogen) atoms. The highest BCUT2D eigenvalue weighted by Crippen LogP contribution is 2.14. The van der Waals surface area contributed by atoms with Crippen LogP contribution in [0.3, 0.4) is 0 Å². The van der Waals surface area contributed by atoms with Crippen LogP contribution in [0, 0.1) is 0 Å². The first-order valence-electron chi connectivity index (χ1n) is 6.46. The molecule has 0 saturated heterocycles. The summed E-state index contributed by atoms with van der Waals surface area (Å²) in [7, 11) is 3.37. The lowest BCUT2D eigenvalue weighted by Crippen LogP contribution is -2.21. The van der Waals surface area contributed by atoms with Gasteiger partial charge in [0.1, 0.15) is 0 Å². The maximum Gasteiger partial charge on any atom is 0.255 e. The van der Waals surface area contributed by atoms with Crippen molar-refractivity contribution in [1.82, 2.24) is 4.90 Å². The fraction of sp³-hybridized carbons (Fsp3) is 0.125. The largest absolute Gasteiger partial charge is 0.399 e. The number of carbonyl (C=O) groups is 2. The number of rotatable bonds is 3. The van der Waals surface area contributed by atoms with Crippen molar-refractivity contribution >= 4 is 23.2 Å². The fourth-order valence-electron chi connectivity index (χ4n) is 1.83. The molecule has 0 saturated carbocycles. The molecule has 0 aliphatic heterocycles. The van der Waals surface area contributed by atoms with E-state index in [-0.39, 0.29) is 11.8 Å². The molecule has 0 bridgehead atoms. The number of nitrogens with two attached hydrogens (primary N) is 1. The van der Waals surface area contributed by atoms with Crippen molar-refractivity contribution in [3.63, 3.8) is 0 Å². The van der Waals surface area contributed by atoms with Crippen molar-refractivity contribution in [3.8, 4) is 0 Å². The van der Waals surface area contributed by atoms with Gasteiger partial charge in [0.05, 0.1) is 0 Å². The molecule has 0 unspecified atom stereocenters. The van der Waals surface area contributed by atoms with Gasteiger partial charge in [-0.05, 0) is 42.5 Å². The zero-order valence-electron chi connectivity index (χ0n) is 12.0. The summed E-state index contributed by atoms with van der Waals surface area (Å²) in [5, 5.41) is 2.76. The summed E-state index contributed by atoms with van der Waals surface area (Å²) in [5.74, 6) is -0.358. The molecule has 5 heteroatoms. The van der Waals surface area contributed by atoms with E-state index >= 15 is 0 Å². The van der Waals surface area contributed by atoms with E-state index in [1.165, 1.54) is 4.90 Å². The van der Waals surface area contributed by atoms with E-state index in [2.05, 4.69) is 5.32 Å². The Hall–Kier alpha value is -2.82. The monoisotopic (exact) mass is 283 g/mol. The van der Waals surface area contributed by atoms with Gasteiger partial charge in [-0.2, -0.15) is 0 Å². The molecule has 2 amide bonds. The zero-order valence-corrected chi connectivity index (χ0v) is 12.0. The molecule has 3 N–H and O–H groups in total. The van der Waals surface area contributed by atoms with E-state index in [1.807, 2.05) is 0 Å². The minimum Gasteiger partial charge on any atom is -0.399 e. The number of amides is 2. The smallest absolute Gasteiger partial charge is 0.255 e. The van der Waals surface area contributed by atoms with E-state index in [0.717, 1.165) is 0 Å². The SMILES string of the molecule is CN(C)C(=O)c1cccc(NC(=O)c2ccc(N)cc2)c1. The maximum atomic E-state index is 12.1. The first kappa shape index (κ1) is 14.6. The van der Waals surface area contributed by atoms with Crippen LogP contribution in [0.1, 0.15) is 20.7 Å². The van der Waals surface area contributed by atoms with E-state index in [4.69, 9.17) is 5.73 Å². The molecule has 2 aromatic rings. The molecule has 0 aromatic heterocycles. The third-order valence-corrected chi connectivity index (χ3v) is 2.95. The number of carbonyl (C=O) groups excluding carboxylic acids is 2. The van der Waals surface area contributed by atoms with E-state index in [9.17, 15) is 9.59 Å². The van der Waals surface area contributed by atoms with Crippen molar-refractivity contribution < 1.29 is 9.59 Å². The zero-order chi connectivity index (χ0) is 15.4. The quantitative estimate of drug-likeness (QED) is 0.848. The van der Waals surface area contributed by atoms with Gasteiger partial charge in [-0.15, -0.1) is 0 Å². The molecular formula is C16H17N3O2. The predicted molar refractivity (Wildman–Crippen MR) is 83.3 cm³/mol. The van der Waals surface area contributed by atoms with E-state index < -0.39 is 0 Å². The standard InChI is InChI=1S/C16H17N3O2/c1-19(2)16(21)12-4-3-5-14(10-12)18-15(20)11-6-8-13(17)9-7-11/h3-10H,17H2,1-2H3,(H,18,20). The van der Waals surface area contributed by atoms with Crippen molar-refractivity contribution in [2.75, 3.05) is 25.1 Å². The van der Waals surface area contributed by atoms with Gasteiger partial charge in [0.25, 0.3) is 11.8 Å². The van der Waals surface area contributed by atoms with E-state index in [0.29, 0.717) is 22.5 Å². The van der Waals surface area contributed by atoms with Crippen molar-refractivity contribution in [2.24, 2.45) is 0 Å². The van der Waals surface area contributed by atoms with Crippen LogP contribution in [0.5, 0.6) is 0 Å². The number of benzene rings is 2. The Morgan fingerprint density at radius 3 is 2.29 bits per heavy atom. The lowest BCUT2D eigenvalue weighted by atomic mass is 10.1. The highest BCUT2D eigenvalue weighted by atomic mass is 16.2. The molecule has 0 atom stereocenters. The van der Waals surface area contributed by atoms with Gasteiger partial charge in [-0.25, -0.2) is 0 Å². The first-order chi connectivity index (χ1) is 9.97. The molecule has 2 rings (SSSR count). The molecule has 0 aliphatic rings. The highest BCUT2D eigenvalue weighted by Gasteiger charge is 2.10. The van der Waals surface area contributed by atoms with Crippen molar-refractivity contribution in [1.29, 1.82) is 0 Å². The Morgan fingerprint density at radius 2 is 1.67 bits per heavy atom. The summed E-state index contributed by atoms with van der Waals surface area (Å²) < 4.78 is 0. The second-order valence-corrected chi connectivity index (χ2v) is 4.86. The average molecular weight is 283 g/mol. The van der Waals surface area contributed by atoms with Crippen molar-refractivity contribution in [2.45, 2.75) is 0 Å². The van der Waals surface area contributed by atoms with Gasteiger partial charge < -0.3 is 16.0 Å². The minimum atomic E-state index is -0.246. The molecule has 0 aliphatic carbocycles. The van der Waals surface area contributed by atoms with Crippen LogP contribution in [0.4, 0.5) is 11.4 Å². The number of hydrogen-bond donors (Lipinski definition) is 2. The molecule has 0 radical (unpaired) electrons. The molecule has 0 spiro atoms. The summed E-state index contributed by atoms with van der Waals surface area (Å²) in [6.45, 7) is 0. The minimum absolute atomic E-state index is 0.112. The Kier molecular flexibility index (Phi) is 4.23. The maximum absolute atomic E-state index is 12.1. The first-order valence-corrected chi connectivity index (χ1v) is 6.46. The Bertz CT molecular complexity index is 663. The number of anilines is 2. The fourth-order valence-corrected chi connectivity index (χ4v) is 1.83. The molecular weight excluding hydrogens is 266 g/mol. The summed E-state index contributed by atoms with van der Waals surface area (Å²) in [4.78, 5) is 25.5. The lowest BCUT2D eigenvalue weighted by molar-refractivity contribution is 0.0827. The van der Waals surface area contributed by atoms with Crippen molar-refractivity contribution in [3.05, 3.63) is 59.7 Å². The van der Waals surface area contributed by atoms with Gasteiger partial charge in [0.15, 0.2) is 0 Å². The lowest BCUT2D eigenvalue weighted by Gasteiger charge is -2.11. The van der Waals surface area contributed by atoms with Crippen LogP contribution in [-0.2, 0) is 0 Å². The van der Waals surface area contributed by atoms with Crippen LogP contribution in [0.2, 0.25) is 0 Å². The Morgan fingerprint density at radius 1 is 1.00 bits per heavy atom. The summed E-state index contributed by atoms with van der Waals surface area (Å²) in [5.41, 5.74) is 7.79. The molecule has 5 nitrogen and oxygen atoms in total. The summed E-state index contributed by atoms with van der Waals surface area (Å²) in [6.07, 6.45) is 0.